The van der Waals surface area contributed by atoms with Gasteiger partial charge in [-0.05, 0) is 24.3 Å². The lowest BCUT2D eigenvalue weighted by Gasteiger charge is -2.14. The van der Waals surface area contributed by atoms with E-state index >= 15 is 0 Å². The third kappa shape index (κ3) is 3.93. The van der Waals surface area contributed by atoms with E-state index in [-0.39, 0.29) is 24.2 Å². The van der Waals surface area contributed by atoms with Crippen LogP contribution in [0.1, 0.15) is 15.9 Å². The summed E-state index contributed by atoms with van der Waals surface area (Å²) in [4.78, 5) is 11.8. The van der Waals surface area contributed by atoms with Crippen LogP contribution in [-0.4, -0.2) is 36.8 Å². The van der Waals surface area contributed by atoms with Crippen molar-refractivity contribution in [1.82, 2.24) is 10.6 Å². The van der Waals surface area contributed by atoms with Crippen LogP contribution in [0.3, 0.4) is 0 Å². The Morgan fingerprint density at radius 1 is 1.42 bits per heavy atom. The van der Waals surface area contributed by atoms with Crippen molar-refractivity contribution >= 4 is 18.3 Å². The summed E-state index contributed by atoms with van der Waals surface area (Å²) in [6.07, 6.45) is -0.397. The van der Waals surface area contributed by atoms with Crippen molar-refractivity contribution in [1.29, 1.82) is 5.26 Å². The largest absolute Gasteiger partial charge is 0.391 e. The van der Waals surface area contributed by atoms with Gasteiger partial charge in [-0.15, -0.1) is 12.4 Å². The van der Waals surface area contributed by atoms with Gasteiger partial charge in [-0.3, -0.25) is 4.79 Å². The number of halogens is 1. The van der Waals surface area contributed by atoms with E-state index in [1.54, 1.807) is 24.3 Å². The lowest BCUT2D eigenvalue weighted by atomic mass is 10.1. The average molecular weight is 282 g/mol. The van der Waals surface area contributed by atoms with Crippen molar-refractivity contribution in [3.63, 3.8) is 0 Å². The highest BCUT2D eigenvalue weighted by Crippen LogP contribution is 2.08. The molecule has 1 aliphatic rings. The first kappa shape index (κ1) is 15.4. The Morgan fingerprint density at radius 3 is 2.63 bits per heavy atom. The first-order chi connectivity index (χ1) is 8.70. The van der Waals surface area contributed by atoms with Crippen molar-refractivity contribution in [2.75, 3.05) is 19.6 Å². The fraction of sp³-hybridized carbons (Fsp3) is 0.385. The van der Waals surface area contributed by atoms with Gasteiger partial charge in [0.25, 0.3) is 5.91 Å². The van der Waals surface area contributed by atoms with Gasteiger partial charge in [-0.25, -0.2) is 0 Å². The molecule has 1 aromatic carbocycles. The Balaban J connectivity index is 0.00000180. The molecular weight excluding hydrogens is 266 g/mol. The summed E-state index contributed by atoms with van der Waals surface area (Å²) in [5.41, 5.74) is 1.05. The van der Waals surface area contributed by atoms with Crippen LogP contribution in [0.5, 0.6) is 0 Å². The number of aliphatic hydroxyl groups is 1. The molecule has 1 fully saturated rings. The molecule has 0 saturated carbocycles. The summed E-state index contributed by atoms with van der Waals surface area (Å²) < 4.78 is 0. The fourth-order valence-electron chi connectivity index (χ4n) is 1.95. The van der Waals surface area contributed by atoms with Crippen molar-refractivity contribution in [2.24, 2.45) is 5.92 Å². The van der Waals surface area contributed by atoms with Crippen LogP contribution >= 0.6 is 12.4 Å². The van der Waals surface area contributed by atoms with Crippen LogP contribution < -0.4 is 10.6 Å². The summed E-state index contributed by atoms with van der Waals surface area (Å²) >= 11 is 0. The summed E-state index contributed by atoms with van der Waals surface area (Å²) in [6.45, 7) is 1.75. The number of hydrogen-bond acceptors (Lipinski definition) is 4. The monoisotopic (exact) mass is 281 g/mol. The summed E-state index contributed by atoms with van der Waals surface area (Å²) in [7, 11) is 0. The van der Waals surface area contributed by atoms with Gasteiger partial charge in [-0.2, -0.15) is 5.26 Å². The molecule has 1 amide bonds. The molecule has 0 spiro atoms. The molecule has 1 aromatic rings. The Hall–Kier alpha value is -1.61. The van der Waals surface area contributed by atoms with Crippen LogP contribution in [0.25, 0.3) is 0 Å². The zero-order valence-corrected chi connectivity index (χ0v) is 11.1. The number of carbonyl (C=O) groups excluding carboxylic acids is 1. The average Bonchev–Trinajstić information content (AvgIpc) is 2.81. The Kier molecular flexibility index (Phi) is 5.77. The summed E-state index contributed by atoms with van der Waals surface area (Å²) in [5.74, 6) is -0.120. The van der Waals surface area contributed by atoms with E-state index in [1.165, 1.54) is 0 Å². The molecule has 19 heavy (non-hydrogen) atoms. The molecule has 0 aromatic heterocycles. The number of nitriles is 1. The van der Waals surface area contributed by atoms with Crippen LogP contribution in [0.2, 0.25) is 0 Å². The van der Waals surface area contributed by atoms with Gasteiger partial charge in [0, 0.05) is 31.1 Å². The number of nitrogens with one attached hydrogen (secondary N) is 2. The zero-order valence-electron chi connectivity index (χ0n) is 10.3. The maximum absolute atomic E-state index is 11.8. The molecule has 0 aliphatic carbocycles. The Bertz CT molecular complexity index is 470. The summed E-state index contributed by atoms with van der Waals surface area (Å²) in [5, 5.41) is 24.1. The number of β-amino-alcohol motifs (C(OH)–C–C–N with tert-alkyl or cyclic N) is 1. The molecule has 3 N–H and O–H groups in total. The maximum Gasteiger partial charge on any atom is 0.251 e. The topological polar surface area (TPSA) is 85.2 Å². The number of carbonyl (C=O) groups is 1. The van der Waals surface area contributed by atoms with Gasteiger partial charge in [0.05, 0.1) is 17.7 Å². The van der Waals surface area contributed by atoms with Crippen molar-refractivity contribution < 1.29 is 9.90 Å². The van der Waals surface area contributed by atoms with Crippen molar-refractivity contribution in [2.45, 2.75) is 6.10 Å². The molecule has 1 aliphatic heterocycles. The van der Waals surface area contributed by atoms with Gasteiger partial charge in [0.1, 0.15) is 0 Å². The number of nitrogens with zero attached hydrogens (tertiary/aromatic N) is 1. The van der Waals surface area contributed by atoms with Crippen LogP contribution in [0.15, 0.2) is 24.3 Å². The minimum absolute atomic E-state index is 0. The first-order valence-electron chi connectivity index (χ1n) is 5.88. The fourth-order valence-corrected chi connectivity index (χ4v) is 1.95. The van der Waals surface area contributed by atoms with Crippen molar-refractivity contribution in [3.05, 3.63) is 35.4 Å². The molecule has 2 unspecified atom stereocenters. The smallest absolute Gasteiger partial charge is 0.251 e. The van der Waals surface area contributed by atoms with E-state index in [0.29, 0.717) is 24.2 Å². The molecule has 1 saturated heterocycles. The molecule has 102 valence electrons. The number of hydrogen-bond donors (Lipinski definition) is 3. The van der Waals surface area contributed by atoms with E-state index in [4.69, 9.17) is 5.26 Å². The van der Waals surface area contributed by atoms with Crippen LogP contribution in [0, 0.1) is 17.2 Å². The second-order valence-electron chi connectivity index (χ2n) is 4.38. The zero-order chi connectivity index (χ0) is 13.0. The molecule has 2 atom stereocenters. The Morgan fingerprint density at radius 2 is 2.11 bits per heavy atom. The van der Waals surface area contributed by atoms with Gasteiger partial charge >= 0.3 is 0 Å². The second-order valence-corrected chi connectivity index (χ2v) is 4.38. The molecule has 6 heteroatoms. The molecule has 5 nitrogen and oxygen atoms in total. The van der Waals surface area contributed by atoms with Crippen LogP contribution in [-0.2, 0) is 0 Å². The highest BCUT2D eigenvalue weighted by molar-refractivity contribution is 5.94. The third-order valence-corrected chi connectivity index (χ3v) is 3.11. The minimum Gasteiger partial charge on any atom is -0.391 e. The maximum atomic E-state index is 11.8. The number of rotatable bonds is 3. The highest BCUT2D eigenvalue weighted by atomic mass is 35.5. The SMILES string of the molecule is Cl.N#Cc1ccc(C(=O)NCC2CNCC2O)cc1. The standard InChI is InChI=1S/C13H15N3O2.ClH/c14-5-9-1-3-10(4-2-9)13(18)16-7-11-6-15-8-12(11)17;/h1-4,11-12,15,17H,6-8H2,(H,16,18);1H. The minimum atomic E-state index is -0.397. The van der Waals surface area contributed by atoms with E-state index in [1.807, 2.05) is 6.07 Å². The molecule has 0 radical (unpaired) electrons. The highest BCUT2D eigenvalue weighted by Gasteiger charge is 2.25. The molecule has 2 rings (SSSR count). The van der Waals surface area contributed by atoms with E-state index in [0.717, 1.165) is 6.54 Å². The number of benzene rings is 1. The number of amides is 1. The van der Waals surface area contributed by atoms with Crippen LogP contribution in [0.4, 0.5) is 0 Å². The normalized spacial score (nSPS) is 21.3. The van der Waals surface area contributed by atoms with Gasteiger partial charge in [-0.1, -0.05) is 0 Å². The van der Waals surface area contributed by atoms with Crippen molar-refractivity contribution in [3.8, 4) is 6.07 Å². The van der Waals surface area contributed by atoms with Gasteiger partial charge < -0.3 is 15.7 Å². The summed E-state index contributed by atoms with van der Waals surface area (Å²) in [6, 6.07) is 8.47. The second kappa shape index (κ2) is 7.10. The third-order valence-electron chi connectivity index (χ3n) is 3.11. The quantitative estimate of drug-likeness (QED) is 0.743. The van der Waals surface area contributed by atoms with E-state index in [9.17, 15) is 9.90 Å². The van der Waals surface area contributed by atoms with Gasteiger partial charge in [0.2, 0.25) is 0 Å². The lowest BCUT2D eigenvalue weighted by Crippen LogP contribution is -2.34. The Labute approximate surface area is 118 Å². The first-order valence-corrected chi connectivity index (χ1v) is 5.88. The predicted octanol–water partition coefficient (Wildman–Crippen LogP) is 0.290. The number of aliphatic hydroxyl groups excluding tert-OH is 1. The predicted molar refractivity (Wildman–Crippen MR) is 73.1 cm³/mol. The molecule has 0 bridgehead atoms. The van der Waals surface area contributed by atoms with E-state index < -0.39 is 6.10 Å². The van der Waals surface area contributed by atoms with Gasteiger partial charge in [0.15, 0.2) is 0 Å². The molecule has 1 heterocycles. The van der Waals surface area contributed by atoms with E-state index in [2.05, 4.69) is 10.6 Å². The molecular formula is C13H16ClN3O2. The lowest BCUT2D eigenvalue weighted by molar-refractivity contribution is 0.0927.